The zero-order chi connectivity index (χ0) is 14.7. The molecule has 1 fully saturated rings. The maximum atomic E-state index is 11.4. The third-order valence-corrected chi connectivity index (χ3v) is 4.26. The molecule has 2 aromatic rings. The fourth-order valence-corrected chi connectivity index (χ4v) is 3.11. The van der Waals surface area contributed by atoms with Crippen LogP contribution in [0.5, 0.6) is 0 Å². The Bertz CT molecular complexity index is 531. The van der Waals surface area contributed by atoms with Gasteiger partial charge in [0, 0.05) is 19.1 Å². The van der Waals surface area contributed by atoms with Crippen molar-refractivity contribution in [3.63, 3.8) is 0 Å². The number of likely N-dealkylation sites (tertiary alicyclic amines) is 1. The van der Waals surface area contributed by atoms with E-state index in [9.17, 15) is 5.11 Å². The van der Waals surface area contributed by atoms with Crippen LogP contribution in [0.4, 0.5) is 0 Å². The summed E-state index contributed by atoms with van der Waals surface area (Å²) < 4.78 is 0. The van der Waals surface area contributed by atoms with Gasteiger partial charge in [0.15, 0.2) is 0 Å². The number of hydrogen-bond acceptors (Lipinski definition) is 3. The molecule has 3 N–H and O–H groups in total. The summed E-state index contributed by atoms with van der Waals surface area (Å²) in [4.78, 5) is 2.25. The van der Waals surface area contributed by atoms with Crippen LogP contribution in [0.15, 0.2) is 60.7 Å². The Hall–Kier alpha value is -1.68. The summed E-state index contributed by atoms with van der Waals surface area (Å²) in [6.07, 6.45) is 1.000. The highest BCUT2D eigenvalue weighted by atomic mass is 16.3. The van der Waals surface area contributed by atoms with Crippen LogP contribution in [0.2, 0.25) is 0 Å². The van der Waals surface area contributed by atoms with Crippen molar-refractivity contribution in [2.75, 3.05) is 19.6 Å². The van der Waals surface area contributed by atoms with E-state index in [1.54, 1.807) is 0 Å². The molecule has 2 aromatic carbocycles. The van der Waals surface area contributed by atoms with Crippen molar-refractivity contribution in [1.29, 1.82) is 0 Å². The minimum Gasteiger partial charge on any atom is -0.379 e. The third kappa shape index (κ3) is 3.00. The molecule has 1 saturated heterocycles. The van der Waals surface area contributed by atoms with E-state index in [-0.39, 0.29) is 6.04 Å². The minimum absolute atomic E-state index is 0.223. The highest BCUT2D eigenvalue weighted by Crippen LogP contribution is 2.31. The van der Waals surface area contributed by atoms with Gasteiger partial charge >= 0.3 is 0 Å². The Morgan fingerprint density at radius 3 is 1.95 bits per heavy atom. The normalized spacial score (nSPS) is 19.8. The van der Waals surface area contributed by atoms with Gasteiger partial charge in [-0.1, -0.05) is 60.7 Å². The molecule has 0 amide bonds. The molecule has 21 heavy (non-hydrogen) atoms. The first kappa shape index (κ1) is 14.3. The first-order chi connectivity index (χ1) is 10.2. The number of benzene rings is 2. The van der Waals surface area contributed by atoms with Crippen LogP contribution < -0.4 is 5.73 Å². The Balaban J connectivity index is 1.95. The molecule has 0 unspecified atom stereocenters. The second kappa shape index (κ2) is 5.98. The SMILES string of the molecule is N[C@H]1CCN(CC(O)(c2ccccc2)c2ccccc2)C1. The fourth-order valence-electron chi connectivity index (χ4n) is 3.11. The van der Waals surface area contributed by atoms with Crippen LogP contribution in [0.1, 0.15) is 17.5 Å². The molecule has 0 aromatic heterocycles. The predicted octanol–water partition coefficient (Wildman–Crippen LogP) is 1.96. The first-order valence-electron chi connectivity index (χ1n) is 7.50. The van der Waals surface area contributed by atoms with Gasteiger partial charge in [-0.25, -0.2) is 0 Å². The first-order valence-corrected chi connectivity index (χ1v) is 7.50. The van der Waals surface area contributed by atoms with Gasteiger partial charge in [-0.2, -0.15) is 0 Å². The molecule has 3 rings (SSSR count). The molecule has 1 aliphatic heterocycles. The molecule has 3 nitrogen and oxygen atoms in total. The van der Waals surface area contributed by atoms with Crippen LogP contribution in [-0.2, 0) is 5.60 Å². The summed E-state index contributed by atoms with van der Waals surface area (Å²) >= 11 is 0. The number of nitrogens with zero attached hydrogens (tertiary/aromatic N) is 1. The maximum absolute atomic E-state index is 11.4. The molecule has 110 valence electrons. The average molecular weight is 282 g/mol. The molecular formula is C18H22N2O. The molecular weight excluding hydrogens is 260 g/mol. The van der Waals surface area contributed by atoms with E-state index in [0.29, 0.717) is 6.54 Å². The van der Waals surface area contributed by atoms with E-state index in [0.717, 1.165) is 30.6 Å². The Morgan fingerprint density at radius 2 is 1.52 bits per heavy atom. The topological polar surface area (TPSA) is 49.5 Å². The molecule has 0 bridgehead atoms. The molecule has 1 heterocycles. The van der Waals surface area contributed by atoms with Crippen LogP contribution in [0.3, 0.4) is 0 Å². The highest BCUT2D eigenvalue weighted by Gasteiger charge is 2.35. The van der Waals surface area contributed by atoms with Gasteiger partial charge < -0.3 is 10.8 Å². The average Bonchev–Trinajstić information content (AvgIpc) is 2.94. The van der Waals surface area contributed by atoms with Crippen molar-refractivity contribution < 1.29 is 5.11 Å². The molecule has 0 aliphatic carbocycles. The van der Waals surface area contributed by atoms with Crippen LogP contribution >= 0.6 is 0 Å². The quantitative estimate of drug-likeness (QED) is 0.901. The zero-order valence-corrected chi connectivity index (χ0v) is 12.2. The van der Waals surface area contributed by atoms with Gasteiger partial charge in [-0.3, -0.25) is 4.90 Å². The lowest BCUT2D eigenvalue weighted by atomic mass is 9.86. The van der Waals surface area contributed by atoms with Crippen LogP contribution in [-0.4, -0.2) is 35.7 Å². The lowest BCUT2D eigenvalue weighted by Crippen LogP contribution is -2.41. The second-order valence-electron chi connectivity index (χ2n) is 5.88. The number of nitrogens with two attached hydrogens (primary N) is 1. The zero-order valence-electron chi connectivity index (χ0n) is 12.2. The molecule has 1 aliphatic rings. The second-order valence-corrected chi connectivity index (χ2v) is 5.88. The van der Waals surface area contributed by atoms with E-state index in [4.69, 9.17) is 5.73 Å². The molecule has 0 saturated carbocycles. The summed E-state index contributed by atoms with van der Waals surface area (Å²) in [7, 11) is 0. The van der Waals surface area contributed by atoms with Crippen molar-refractivity contribution in [3.05, 3.63) is 71.8 Å². The van der Waals surface area contributed by atoms with Crippen LogP contribution in [0.25, 0.3) is 0 Å². The number of hydrogen-bond donors (Lipinski definition) is 2. The standard InChI is InChI=1S/C18H22N2O/c19-17-11-12-20(13-17)14-18(21,15-7-3-1-4-8-15)16-9-5-2-6-10-16/h1-10,17,21H,11-14,19H2/t17-/m0/s1. The highest BCUT2D eigenvalue weighted by molar-refractivity contribution is 5.36. The predicted molar refractivity (Wildman–Crippen MR) is 84.9 cm³/mol. The summed E-state index contributed by atoms with van der Waals surface area (Å²) in [5, 5.41) is 11.4. The Morgan fingerprint density at radius 1 is 1.00 bits per heavy atom. The van der Waals surface area contributed by atoms with Gasteiger partial charge in [0.25, 0.3) is 0 Å². The fraction of sp³-hybridized carbons (Fsp3) is 0.333. The molecule has 1 atom stereocenters. The maximum Gasteiger partial charge on any atom is 0.127 e. The van der Waals surface area contributed by atoms with E-state index in [1.165, 1.54) is 0 Å². The van der Waals surface area contributed by atoms with Crippen molar-refractivity contribution in [2.45, 2.75) is 18.1 Å². The Kier molecular flexibility index (Phi) is 4.06. The summed E-state index contributed by atoms with van der Waals surface area (Å²) in [5.41, 5.74) is 6.86. The smallest absolute Gasteiger partial charge is 0.127 e. The monoisotopic (exact) mass is 282 g/mol. The van der Waals surface area contributed by atoms with E-state index < -0.39 is 5.60 Å². The number of aliphatic hydroxyl groups is 1. The largest absolute Gasteiger partial charge is 0.379 e. The molecule has 3 heteroatoms. The van der Waals surface area contributed by atoms with E-state index in [1.807, 2.05) is 60.7 Å². The van der Waals surface area contributed by atoms with Crippen molar-refractivity contribution in [2.24, 2.45) is 5.73 Å². The van der Waals surface area contributed by atoms with Crippen molar-refractivity contribution in [3.8, 4) is 0 Å². The number of rotatable bonds is 4. The summed E-state index contributed by atoms with van der Waals surface area (Å²) in [6, 6.07) is 20.0. The lowest BCUT2D eigenvalue weighted by molar-refractivity contribution is 0.0430. The van der Waals surface area contributed by atoms with E-state index in [2.05, 4.69) is 4.90 Å². The van der Waals surface area contributed by atoms with Gasteiger partial charge in [-0.15, -0.1) is 0 Å². The Labute approximate surface area is 126 Å². The number of β-amino-alcohol motifs (C(OH)–C–C–N with tert-alkyl or cyclic N) is 1. The molecule has 0 spiro atoms. The lowest BCUT2D eigenvalue weighted by Gasteiger charge is -2.33. The summed E-state index contributed by atoms with van der Waals surface area (Å²) in [5.74, 6) is 0. The summed E-state index contributed by atoms with van der Waals surface area (Å²) in [6.45, 7) is 2.37. The van der Waals surface area contributed by atoms with Gasteiger partial charge in [0.1, 0.15) is 5.60 Å². The van der Waals surface area contributed by atoms with Gasteiger partial charge in [0.2, 0.25) is 0 Å². The van der Waals surface area contributed by atoms with Crippen LogP contribution in [0, 0.1) is 0 Å². The minimum atomic E-state index is -0.993. The van der Waals surface area contributed by atoms with Crippen molar-refractivity contribution >= 4 is 0 Å². The molecule has 0 radical (unpaired) electrons. The third-order valence-electron chi connectivity index (χ3n) is 4.26. The van der Waals surface area contributed by atoms with Gasteiger partial charge in [0.05, 0.1) is 0 Å². The van der Waals surface area contributed by atoms with Crippen molar-refractivity contribution in [1.82, 2.24) is 4.90 Å². The van der Waals surface area contributed by atoms with E-state index >= 15 is 0 Å². The van der Waals surface area contributed by atoms with Gasteiger partial charge in [-0.05, 0) is 24.1 Å².